The van der Waals surface area contributed by atoms with E-state index < -0.39 is 9.84 Å². The van der Waals surface area contributed by atoms with Gasteiger partial charge >= 0.3 is 0 Å². The minimum absolute atomic E-state index is 0.0361. The SMILES string of the molecule is COCCn1ccc2cc(C(=O)N[C@H]3CCS(=O)(=O)C3)ccc21. The van der Waals surface area contributed by atoms with Crippen molar-refractivity contribution < 1.29 is 17.9 Å². The maximum Gasteiger partial charge on any atom is 0.251 e. The number of methoxy groups -OCH3 is 1. The molecule has 1 N–H and O–H groups in total. The predicted octanol–water partition coefficient (Wildman–Crippen LogP) is 1.20. The first kappa shape index (κ1) is 16.0. The lowest BCUT2D eigenvalue weighted by Crippen LogP contribution is -2.35. The molecule has 3 rings (SSSR count). The largest absolute Gasteiger partial charge is 0.383 e. The van der Waals surface area contributed by atoms with Gasteiger partial charge in [0, 0.05) is 42.4 Å². The van der Waals surface area contributed by atoms with Crippen molar-refractivity contribution in [2.45, 2.75) is 19.0 Å². The van der Waals surface area contributed by atoms with Gasteiger partial charge in [-0.1, -0.05) is 0 Å². The molecule has 1 saturated heterocycles. The standard InChI is InChI=1S/C16H20N2O4S/c1-22-8-7-18-6-4-12-10-13(2-3-15(12)18)16(19)17-14-5-9-23(20,21)11-14/h2-4,6,10,14H,5,7-9,11H2,1H3,(H,17,19)/t14-/m0/s1. The van der Waals surface area contributed by atoms with E-state index in [-0.39, 0.29) is 23.5 Å². The molecule has 0 spiro atoms. The summed E-state index contributed by atoms with van der Waals surface area (Å²) < 4.78 is 30.1. The molecule has 0 radical (unpaired) electrons. The molecule has 124 valence electrons. The monoisotopic (exact) mass is 336 g/mol. The van der Waals surface area contributed by atoms with Gasteiger partial charge in [-0.2, -0.15) is 0 Å². The van der Waals surface area contributed by atoms with Crippen LogP contribution in [0.5, 0.6) is 0 Å². The molecule has 0 bridgehead atoms. The first-order valence-corrected chi connectivity index (χ1v) is 9.40. The quantitative estimate of drug-likeness (QED) is 0.890. The maximum absolute atomic E-state index is 12.3. The Hall–Kier alpha value is -1.86. The summed E-state index contributed by atoms with van der Waals surface area (Å²) in [6.07, 6.45) is 2.46. The van der Waals surface area contributed by atoms with Crippen molar-refractivity contribution in [1.82, 2.24) is 9.88 Å². The summed E-state index contributed by atoms with van der Waals surface area (Å²) in [5, 5.41) is 3.79. The number of nitrogens with zero attached hydrogens (tertiary/aromatic N) is 1. The average molecular weight is 336 g/mol. The van der Waals surface area contributed by atoms with Gasteiger partial charge in [0.2, 0.25) is 0 Å². The van der Waals surface area contributed by atoms with Gasteiger partial charge in [0.05, 0.1) is 18.1 Å². The van der Waals surface area contributed by atoms with E-state index in [9.17, 15) is 13.2 Å². The molecule has 1 aliphatic heterocycles. The summed E-state index contributed by atoms with van der Waals surface area (Å²) in [4.78, 5) is 12.3. The number of nitrogens with one attached hydrogen (secondary N) is 1. The van der Waals surface area contributed by atoms with Crippen LogP contribution in [0.25, 0.3) is 10.9 Å². The van der Waals surface area contributed by atoms with Gasteiger partial charge in [0.25, 0.3) is 5.91 Å². The first-order valence-electron chi connectivity index (χ1n) is 7.57. The fourth-order valence-corrected chi connectivity index (χ4v) is 4.58. The Morgan fingerprint density at radius 2 is 2.22 bits per heavy atom. The molecule has 1 fully saturated rings. The minimum atomic E-state index is -2.99. The van der Waals surface area contributed by atoms with Gasteiger partial charge in [-0.25, -0.2) is 8.42 Å². The topological polar surface area (TPSA) is 77.4 Å². The molecular weight excluding hydrogens is 316 g/mol. The Balaban J connectivity index is 1.74. The molecule has 0 unspecified atom stereocenters. The molecule has 23 heavy (non-hydrogen) atoms. The second kappa shape index (κ2) is 6.33. The zero-order chi connectivity index (χ0) is 16.4. The van der Waals surface area contributed by atoms with Crippen LogP contribution in [0.4, 0.5) is 0 Å². The van der Waals surface area contributed by atoms with Gasteiger partial charge in [0.1, 0.15) is 0 Å². The van der Waals surface area contributed by atoms with Crippen LogP contribution in [0, 0.1) is 0 Å². The third kappa shape index (κ3) is 3.56. The van der Waals surface area contributed by atoms with E-state index in [0.29, 0.717) is 18.6 Å². The lowest BCUT2D eigenvalue weighted by atomic mass is 10.1. The van der Waals surface area contributed by atoms with Gasteiger partial charge in [-0.3, -0.25) is 4.79 Å². The van der Waals surface area contributed by atoms with Crippen molar-refractivity contribution in [3.8, 4) is 0 Å². The van der Waals surface area contributed by atoms with E-state index in [2.05, 4.69) is 9.88 Å². The van der Waals surface area contributed by atoms with E-state index >= 15 is 0 Å². The van der Waals surface area contributed by atoms with E-state index in [1.807, 2.05) is 24.4 Å². The van der Waals surface area contributed by atoms with E-state index in [4.69, 9.17) is 4.74 Å². The highest BCUT2D eigenvalue weighted by atomic mass is 32.2. The third-order valence-corrected chi connectivity index (χ3v) is 5.91. The van der Waals surface area contributed by atoms with Crippen molar-refractivity contribution in [1.29, 1.82) is 0 Å². The molecule has 6 nitrogen and oxygen atoms in total. The number of fused-ring (bicyclic) bond motifs is 1. The summed E-state index contributed by atoms with van der Waals surface area (Å²) in [7, 11) is -1.33. The number of aromatic nitrogens is 1. The summed E-state index contributed by atoms with van der Waals surface area (Å²) in [6, 6.07) is 7.18. The number of ether oxygens (including phenoxy) is 1. The predicted molar refractivity (Wildman–Crippen MR) is 88.3 cm³/mol. The highest BCUT2D eigenvalue weighted by Gasteiger charge is 2.29. The Morgan fingerprint density at radius 3 is 2.91 bits per heavy atom. The fraction of sp³-hybridized carbons (Fsp3) is 0.438. The Morgan fingerprint density at radius 1 is 1.39 bits per heavy atom. The number of rotatable bonds is 5. The summed E-state index contributed by atoms with van der Waals surface area (Å²) in [6.45, 7) is 1.38. The van der Waals surface area contributed by atoms with Crippen LogP contribution in [0.15, 0.2) is 30.5 Å². The van der Waals surface area contributed by atoms with Crippen LogP contribution >= 0.6 is 0 Å². The van der Waals surface area contributed by atoms with Crippen molar-refractivity contribution in [2.24, 2.45) is 0 Å². The van der Waals surface area contributed by atoms with Crippen molar-refractivity contribution in [3.63, 3.8) is 0 Å². The van der Waals surface area contributed by atoms with Crippen LogP contribution in [-0.2, 0) is 21.1 Å². The molecular formula is C16H20N2O4S. The maximum atomic E-state index is 12.3. The lowest BCUT2D eigenvalue weighted by molar-refractivity contribution is 0.0941. The summed E-state index contributed by atoms with van der Waals surface area (Å²) in [5.41, 5.74) is 1.59. The van der Waals surface area contributed by atoms with Crippen LogP contribution in [0.2, 0.25) is 0 Å². The van der Waals surface area contributed by atoms with E-state index in [1.165, 1.54) is 0 Å². The molecule has 1 aliphatic rings. The number of carbonyl (C=O) groups is 1. The molecule has 1 aromatic heterocycles. The second-order valence-corrected chi connectivity index (χ2v) is 8.08. The van der Waals surface area contributed by atoms with Gasteiger partial charge in [-0.05, 0) is 30.7 Å². The number of carbonyl (C=O) groups excluding carboxylic acids is 1. The molecule has 1 amide bonds. The molecule has 1 aromatic carbocycles. The highest BCUT2D eigenvalue weighted by molar-refractivity contribution is 7.91. The van der Waals surface area contributed by atoms with Crippen LogP contribution in [0.1, 0.15) is 16.8 Å². The minimum Gasteiger partial charge on any atom is -0.383 e. The van der Waals surface area contributed by atoms with E-state index in [0.717, 1.165) is 17.4 Å². The van der Waals surface area contributed by atoms with Crippen molar-refractivity contribution in [2.75, 3.05) is 25.2 Å². The van der Waals surface area contributed by atoms with Crippen molar-refractivity contribution in [3.05, 3.63) is 36.0 Å². The smallest absolute Gasteiger partial charge is 0.251 e. The van der Waals surface area contributed by atoms with Gasteiger partial charge in [-0.15, -0.1) is 0 Å². The Bertz CT molecular complexity index is 826. The van der Waals surface area contributed by atoms with Gasteiger partial charge < -0.3 is 14.6 Å². The van der Waals surface area contributed by atoms with Gasteiger partial charge in [0.15, 0.2) is 9.84 Å². The summed E-state index contributed by atoms with van der Waals surface area (Å²) in [5.74, 6) is -0.0353. The number of benzene rings is 1. The first-order chi connectivity index (χ1) is 11.0. The van der Waals surface area contributed by atoms with Crippen molar-refractivity contribution >= 4 is 26.6 Å². The number of sulfone groups is 1. The van der Waals surface area contributed by atoms with Crippen LogP contribution in [0.3, 0.4) is 0 Å². The zero-order valence-electron chi connectivity index (χ0n) is 13.0. The average Bonchev–Trinajstić information content (AvgIpc) is 3.07. The zero-order valence-corrected chi connectivity index (χ0v) is 13.8. The van der Waals surface area contributed by atoms with E-state index in [1.54, 1.807) is 13.2 Å². The Labute approximate surface area is 135 Å². The number of hydrogen-bond acceptors (Lipinski definition) is 4. The number of amides is 1. The third-order valence-electron chi connectivity index (χ3n) is 4.14. The van der Waals surface area contributed by atoms with Crippen LogP contribution < -0.4 is 5.32 Å². The molecule has 0 aliphatic carbocycles. The highest BCUT2D eigenvalue weighted by Crippen LogP contribution is 2.19. The summed E-state index contributed by atoms with van der Waals surface area (Å²) >= 11 is 0. The Kier molecular flexibility index (Phi) is 4.41. The number of hydrogen-bond donors (Lipinski definition) is 1. The fourth-order valence-electron chi connectivity index (χ4n) is 2.90. The van der Waals surface area contributed by atoms with Crippen LogP contribution in [-0.4, -0.2) is 50.2 Å². The molecule has 2 heterocycles. The lowest BCUT2D eigenvalue weighted by Gasteiger charge is -2.11. The normalized spacial score (nSPS) is 20.0. The molecule has 7 heteroatoms. The molecule has 1 atom stereocenters. The molecule has 2 aromatic rings. The molecule has 0 saturated carbocycles. The second-order valence-electron chi connectivity index (χ2n) is 5.85.